The summed E-state index contributed by atoms with van der Waals surface area (Å²) in [6.07, 6.45) is 1.08. The Morgan fingerprint density at radius 2 is 1.73 bits per heavy atom. The molecule has 0 aromatic rings. The summed E-state index contributed by atoms with van der Waals surface area (Å²) in [5.74, 6) is -0.452. The lowest BCUT2D eigenvalue weighted by molar-refractivity contribution is -0.156. The van der Waals surface area contributed by atoms with Crippen molar-refractivity contribution in [1.29, 1.82) is 0 Å². The summed E-state index contributed by atoms with van der Waals surface area (Å²) in [6.45, 7) is 7.98. The van der Waals surface area contributed by atoms with Gasteiger partial charge in [0.15, 0.2) is 0 Å². The Bertz CT molecular complexity index is 316. The van der Waals surface area contributed by atoms with Crippen molar-refractivity contribution in [3.63, 3.8) is 0 Å². The highest BCUT2D eigenvalue weighted by molar-refractivity contribution is 5.77. The predicted octanol–water partition coefficient (Wildman–Crippen LogP) is 0.477. The van der Waals surface area contributed by atoms with Gasteiger partial charge in [-0.3, -0.25) is 9.59 Å². The number of hydrogen-bond acceptors (Lipinski definition) is 6. The quantitative estimate of drug-likeness (QED) is 0.402. The molecule has 7 heteroatoms. The molecule has 0 aromatic heterocycles. The molecule has 2 N–H and O–H groups in total. The molecule has 0 atom stereocenters. The Hall–Kier alpha value is -1.18. The van der Waals surface area contributed by atoms with E-state index >= 15 is 0 Å². The van der Waals surface area contributed by atoms with E-state index < -0.39 is 5.60 Å². The number of ether oxygens (including phenoxy) is 3. The zero-order chi connectivity index (χ0) is 16.8. The first-order valence-corrected chi connectivity index (χ1v) is 7.64. The molecular formula is C15H30N2O5. The third-order valence-corrected chi connectivity index (χ3v) is 2.39. The minimum atomic E-state index is -0.474. The molecule has 0 unspecified atom stereocenters. The first-order chi connectivity index (χ1) is 10.3. The van der Waals surface area contributed by atoms with Crippen LogP contribution in [0.5, 0.6) is 0 Å². The molecule has 0 aliphatic rings. The Kier molecular flexibility index (Phi) is 11.7. The van der Waals surface area contributed by atoms with Gasteiger partial charge in [0, 0.05) is 13.2 Å². The molecule has 0 aliphatic carbocycles. The van der Waals surface area contributed by atoms with Gasteiger partial charge in [-0.25, -0.2) is 0 Å². The van der Waals surface area contributed by atoms with Crippen LogP contribution < -0.4 is 10.6 Å². The molecule has 0 fully saturated rings. The number of esters is 1. The van der Waals surface area contributed by atoms with Crippen LogP contribution in [-0.4, -0.2) is 64.0 Å². The average molecular weight is 318 g/mol. The van der Waals surface area contributed by atoms with Crippen molar-refractivity contribution in [3.8, 4) is 0 Å². The average Bonchev–Trinajstić information content (AvgIpc) is 2.40. The highest BCUT2D eigenvalue weighted by Crippen LogP contribution is 2.07. The fourth-order valence-corrected chi connectivity index (χ4v) is 1.48. The first-order valence-electron chi connectivity index (χ1n) is 7.64. The van der Waals surface area contributed by atoms with Crippen molar-refractivity contribution >= 4 is 11.9 Å². The Morgan fingerprint density at radius 1 is 1.00 bits per heavy atom. The molecule has 0 saturated carbocycles. The fraction of sp³-hybridized carbons (Fsp3) is 0.867. The second-order valence-electron chi connectivity index (χ2n) is 5.81. The molecule has 0 heterocycles. The molecule has 0 aromatic carbocycles. The molecule has 0 radical (unpaired) electrons. The van der Waals surface area contributed by atoms with Gasteiger partial charge >= 0.3 is 5.97 Å². The van der Waals surface area contributed by atoms with Crippen LogP contribution >= 0.6 is 0 Å². The molecule has 1 amide bonds. The van der Waals surface area contributed by atoms with Gasteiger partial charge < -0.3 is 24.8 Å². The maximum Gasteiger partial charge on any atom is 0.308 e. The SMILES string of the molecule is CNCCCOCC(=O)NCCOCCC(=O)OC(C)(C)C. The van der Waals surface area contributed by atoms with Crippen molar-refractivity contribution in [2.75, 3.05) is 46.6 Å². The van der Waals surface area contributed by atoms with Crippen LogP contribution in [0.25, 0.3) is 0 Å². The molecule has 0 aliphatic heterocycles. The number of hydrogen-bond donors (Lipinski definition) is 2. The minimum absolute atomic E-state index is 0.0572. The van der Waals surface area contributed by atoms with Crippen LogP contribution in [0.3, 0.4) is 0 Å². The van der Waals surface area contributed by atoms with Crippen molar-refractivity contribution in [1.82, 2.24) is 10.6 Å². The van der Waals surface area contributed by atoms with Gasteiger partial charge in [-0.05, 0) is 40.8 Å². The van der Waals surface area contributed by atoms with E-state index in [1.165, 1.54) is 0 Å². The van der Waals surface area contributed by atoms with Crippen LogP contribution in [0.4, 0.5) is 0 Å². The maximum absolute atomic E-state index is 11.4. The Balaban J connectivity index is 3.38. The molecule has 0 saturated heterocycles. The zero-order valence-electron chi connectivity index (χ0n) is 14.2. The van der Waals surface area contributed by atoms with Crippen LogP contribution in [0.2, 0.25) is 0 Å². The van der Waals surface area contributed by atoms with E-state index in [1.807, 2.05) is 27.8 Å². The number of carbonyl (C=O) groups excluding carboxylic acids is 2. The van der Waals surface area contributed by atoms with Gasteiger partial charge in [-0.2, -0.15) is 0 Å². The van der Waals surface area contributed by atoms with Crippen LogP contribution in [-0.2, 0) is 23.8 Å². The highest BCUT2D eigenvalue weighted by Gasteiger charge is 2.15. The zero-order valence-corrected chi connectivity index (χ0v) is 14.2. The van der Waals surface area contributed by atoms with Gasteiger partial charge in [0.05, 0.1) is 19.6 Å². The minimum Gasteiger partial charge on any atom is -0.460 e. The number of carbonyl (C=O) groups is 2. The maximum atomic E-state index is 11.4. The Morgan fingerprint density at radius 3 is 2.36 bits per heavy atom. The second-order valence-corrected chi connectivity index (χ2v) is 5.81. The molecule has 0 spiro atoms. The summed E-state index contributed by atoms with van der Waals surface area (Å²) in [6, 6.07) is 0. The van der Waals surface area contributed by atoms with Crippen molar-refractivity contribution in [2.45, 2.75) is 39.2 Å². The predicted molar refractivity (Wildman–Crippen MR) is 83.7 cm³/mol. The van der Waals surface area contributed by atoms with Crippen LogP contribution in [0.15, 0.2) is 0 Å². The molecular weight excluding hydrogens is 288 g/mol. The van der Waals surface area contributed by atoms with Gasteiger partial charge in [0.25, 0.3) is 0 Å². The highest BCUT2D eigenvalue weighted by atomic mass is 16.6. The first kappa shape index (κ1) is 20.8. The van der Waals surface area contributed by atoms with E-state index in [9.17, 15) is 9.59 Å². The molecule has 0 bridgehead atoms. The largest absolute Gasteiger partial charge is 0.460 e. The summed E-state index contributed by atoms with van der Waals surface area (Å²) in [5, 5.41) is 5.68. The molecule has 0 rings (SSSR count). The van der Waals surface area contributed by atoms with E-state index in [-0.39, 0.29) is 31.5 Å². The summed E-state index contributed by atoms with van der Waals surface area (Å²) in [4.78, 5) is 22.8. The lowest BCUT2D eigenvalue weighted by atomic mass is 10.2. The fourth-order valence-electron chi connectivity index (χ4n) is 1.48. The van der Waals surface area contributed by atoms with Gasteiger partial charge in [-0.1, -0.05) is 0 Å². The van der Waals surface area contributed by atoms with Crippen molar-refractivity contribution in [3.05, 3.63) is 0 Å². The van der Waals surface area contributed by atoms with E-state index in [2.05, 4.69) is 10.6 Å². The van der Waals surface area contributed by atoms with E-state index in [0.717, 1.165) is 13.0 Å². The molecule has 7 nitrogen and oxygen atoms in total. The van der Waals surface area contributed by atoms with E-state index in [1.54, 1.807) is 0 Å². The van der Waals surface area contributed by atoms with Gasteiger partial charge in [-0.15, -0.1) is 0 Å². The summed E-state index contributed by atoms with van der Waals surface area (Å²) in [7, 11) is 1.87. The van der Waals surface area contributed by atoms with Gasteiger partial charge in [0.1, 0.15) is 12.2 Å². The second kappa shape index (κ2) is 12.4. The van der Waals surface area contributed by atoms with E-state index in [0.29, 0.717) is 19.8 Å². The van der Waals surface area contributed by atoms with Crippen molar-refractivity contribution < 1.29 is 23.8 Å². The summed E-state index contributed by atoms with van der Waals surface area (Å²) in [5.41, 5.74) is -0.474. The molecule has 130 valence electrons. The third-order valence-electron chi connectivity index (χ3n) is 2.39. The van der Waals surface area contributed by atoms with E-state index in [4.69, 9.17) is 14.2 Å². The number of amides is 1. The lowest BCUT2D eigenvalue weighted by Crippen LogP contribution is -2.31. The third kappa shape index (κ3) is 15.2. The summed E-state index contributed by atoms with van der Waals surface area (Å²) < 4.78 is 15.6. The smallest absolute Gasteiger partial charge is 0.308 e. The molecule has 22 heavy (non-hydrogen) atoms. The van der Waals surface area contributed by atoms with Crippen LogP contribution in [0.1, 0.15) is 33.6 Å². The topological polar surface area (TPSA) is 85.9 Å². The Labute approximate surface area is 133 Å². The lowest BCUT2D eigenvalue weighted by Gasteiger charge is -2.19. The van der Waals surface area contributed by atoms with Crippen molar-refractivity contribution in [2.24, 2.45) is 0 Å². The monoisotopic (exact) mass is 318 g/mol. The summed E-state index contributed by atoms with van der Waals surface area (Å²) >= 11 is 0. The van der Waals surface area contributed by atoms with Gasteiger partial charge in [0.2, 0.25) is 5.91 Å². The normalized spacial score (nSPS) is 11.3. The van der Waals surface area contributed by atoms with Crippen LogP contribution in [0, 0.1) is 0 Å². The number of nitrogens with one attached hydrogen (secondary N) is 2. The number of rotatable bonds is 12. The standard InChI is InChI=1S/C15H30N2O5/c1-15(2,3)22-14(19)6-10-20-11-8-17-13(18)12-21-9-5-7-16-4/h16H,5-12H2,1-4H3,(H,17,18).